The number of methoxy groups -OCH3 is 1. The summed E-state index contributed by atoms with van der Waals surface area (Å²) in [6.07, 6.45) is 1.24. The van der Waals surface area contributed by atoms with E-state index in [1.807, 2.05) is 4.89 Å². The van der Waals surface area contributed by atoms with Crippen LogP contribution in [0.25, 0.3) is 0 Å². The average Bonchev–Trinajstić information content (AvgIpc) is 2.84. The third kappa shape index (κ3) is 2.77. The van der Waals surface area contributed by atoms with Crippen LogP contribution in [0.4, 0.5) is 5.69 Å². The molecule has 1 aromatic carbocycles. The Bertz CT molecular complexity index is 614. The van der Waals surface area contributed by atoms with Gasteiger partial charge >= 0.3 is 0 Å². The molecule has 20 heavy (non-hydrogen) atoms. The van der Waals surface area contributed by atoms with Gasteiger partial charge in [0, 0.05) is 18.7 Å². The molecule has 1 fully saturated rings. The van der Waals surface area contributed by atoms with Crippen LogP contribution in [0.15, 0.2) is 23.1 Å². The fourth-order valence-corrected chi connectivity index (χ4v) is 3.12. The number of nitrogens with one attached hydrogen (secondary N) is 1. The highest BCUT2D eigenvalue weighted by Crippen LogP contribution is 2.30. The summed E-state index contributed by atoms with van der Waals surface area (Å²) in [5.41, 5.74) is 0.532. The Kier molecular flexibility index (Phi) is 4.26. The van der Waals surface area contributed by atoms with E-state index in [-0.39, 0.29) is 16.6 Å². The fourth-order valence-electron chi connectivity index (χ4n) is 2.12. The van der Waals surface area contributed by atoms with Crippen LogP contribution < -0.4 is 14.5 Å². The van der Waals surface area contributed by atoms with Crippen LogP contribution in [0.1, 0.15) is 12.8 Å². The van der Waals surface area contributed by atoms with Crippen molar-refractivity contribution >= 4 is 21.6 Å². The zero-order valence-electron chi connectivity index (χ0n) is 11.3. The predicted molar refractivity (Wildman–Crippen MR) is 71.9 cm³/mol. The largest absolute Gasteiger partial charge is 0.495 e. The topological polar surface area (TPSA) is 84.9 Å². The molecule has 1 saturated heterocycles. The van der Waals surface area contributed by atoms with E-state index in [9.17, 15) is 13.2 Å². The first-order chi connectivity index (χ1) is 9.49. The lowest BCUT2D eigenvalue weighted by Crippen LogP contribution is -2.26. The lowest BCUT2D eigenvalue weighted by atomic mass is 10.3. The first-order valence-electron chi connectivity index (χ1n) is 6.03. The van der Waals surface area contributed by atoms with E-state index in [0.717, 1.165) is 6.42 Å². The molecule has 7 nitrogen and oxygen atoms in total. The van der Waals surface area contributed by atoms with Gasteiger partial charge in [-0.15, -0.1) is 0 Å². The van der Waals surface area contributed by atoms with E-state index in [2.05, 4.69) is 4.84 Å². The highest BCUT2D eigenvalue weighted by atomic mass is 32.2. The Hall–Kier alpha value is -1.64. The minimum absolute atomic E-state index is 0.0155. The number of hydrogen-bond donors (Lipinski definition) is 1. The SMILES string of the molecule is CONS(=O)(=O)c1cc(N2CCCC2=O)ccc1OC. The number of carbonyl (C=O) groups excluding carboxylic acids is 1. The Morgan fingerprint density at radius 2 is 2.05 bits per heavy atom. The van der Waals surface area contributed by atoms with Gasteiger partial charge in [0.15, 0.2) is 0 Å². The maximum atomic E-state index is 12.0. The highest BCUT2D eigenvalue weighted by molar-refractivity contribution is 7.89. The second-order valence-electron chi connectivity index (χ2n) is 4.27. The van der Waals surface area contributed by atoms with E-state index >= 15 is 0 Å². The van der Waals surface area contributed by atoms with Gasteiger partial charge in [-0.05, 0) is 24.6 Å². The van der Waals surface area contributed by atoms with Crippen LogP contribution in [-0.2, 0) is 19.7 Å². The van der Waals surface area contributed by atoms with Gasteiger partial charge in [0.05, 0.1) is 14.2 Å². The minimum Gasteiger partial charge on any atom is -0.495 e. The van der Waals surface area contributed by atoms with Crippen molar-refractivity contribution in [2.24, 2.45) is 0 Å². The Morgan fingerprint density at radius 3 is 2.60 bits per heavy atom. The summed E-state index contributed by atoms with van der Waals surface area (Å²) in [6.45, 7) is 0.586. The number of amides is 1. The molecule has 0 radical (unpaired) electrons. The van der Waals surface area contributed by atoms with Gasteiger partial charge in [-0.3, -0.25) is 9.63 Å². The first-order valence-corrected chi connectivity index (χ1v) is 7.51. The molecule has 1 aromatic rings. The summed E-state index contributed by atoms with van der Waals surface area (Å²) in [4.78, 5) is 19.6. The predicted octanol–water partition coefficient (Wildman–Crippen LogP) is 0.662. The van der Waals surface area contributed by atoms with Crippen LogP contribution in [0, 0.1) is 0 Å². The van der Waals surface area contributed by atoms with Crippen molar-refractivity contribution in [2.45, 2.75) is 17.7 Å². The summed E-state index contributed by atoms with van der Waals surface area (Å²) in [6, 6.07) is 4.59. The first kappa shape index (κ1) is 14.8. The van der Waals surface area contributed by atoms with Crippen LogP contribution >= 0.6 is 0 Å². The zero-order chi connectivity index (χ0) is 14.8. The van der Waals surface area contributed by atoms with Gasteiger partial charge in [-0.2, -0.15) is 0 Å². The third-order valence-electron chi connectivity index (χ3n) is 3.01. The van der Waals surface area contributed by atoms with E-state index in [4.69, 9.17) is 4.74 Å². The summed E-state index contributed by atoms with van der Waals surface area (Å²) >= 11 is 0. The summed E-state index contributed by atoms with van der Waals surface area (Å²) in [7, 11) is -1.27. The van der Waals surface area contributed by atoms with Crippen LogP contribution in [0.3, 0.4) is 0 Å². The second-order valence-corrected chi connectivity index (χ2v) is 5.89. The van der Waals surface area contributed by atoms with Crippen molar-refractivity contribution in [1.82, 2.24) is 4.89 Å². The standard InChI is InChI=1S/C12H16N2O5S/c1-18-10-6-5-9(14-7-3-4-12(14)15)8-11(10)20(16,17)13-19-2/h5-6,8,13H,3-4,7H2,1-2H3. The van der Waals surface area contributed by atoms with Crippen LogP contribution in [0.5, 0.6) is 5.75 Å². The summed E-state index contributed by atoms with van der Waals surface area (Å²) < 4.78 is 29.1. The molecule has 1 aliphatic rings. The molecule has 110 valence electrons. The fraction of sp³-hybridized carbons (Fsp3) is 0.417. The van der Waals surface area contributed by atoms with Gasteiger partial charge in [0.2, 0.25) is 5.91 Å². The maximum absolute atomic E-state index is 12.0. The molecule has 0 atom stereocenters. The van der Waals surface area contributed by atoms with Crippen LogP contribution in [0.2, 0.25) is 0 Å². The van der Waals surface area contributed by atoms with E-state index in [1.54, 1.807) is 11.0 Å². The summed E-state index contributed by atoms with van der Waals surface area (Å²) in [5, 5.41) is 0. The van der Waals surface area contributed by atoms with Crippen molar-refractivity contribution in [2.75, 3.05) is 25.7 Å². The molecule has 1 N–H and O–H groups in total. The zero-order valence-corrected chi connectivity index (χ0v) is 12.1. The number of hydrogen-bond acceptors (Lipinski definition) is 5. The molecule has 1 amide bonds. The third-order valence-corrected chi connectivity index (χ3v) is 4.30. The number of carbonyl (C=O) groups is 1. The molecule has 0 aliphatic carbocycles. The van der Waals surface area contributed by atoms with Gasteiger partial charge in [0.1, 0.15) is 10.6 Å². The molecule has 1 aliphatic heterocycles. The monoisotopic (exact) mass is 300 g/mol. The molecule has 0 saturated carbocycles. The van der Waals surface area contributed by atoms with Gasteiger partial charge in [-0.1, -0.05) is 4.89 Å². The summed E-state index contributed by atoms with van der Waals surface area (Å²) in [5.74, 6) is 0.170. The molecule has 2 rings (SSSR count). The number of nitrogens with zero attached hydrogens (tertiary/aromatic N) is 1. The van der Waals surface area contributed by atoms with Crippen molar-refractivity contribution < 1.29 is 22.8 Å². The van der Waals surface area contributed by atoms with Crippen LogP contribution in [-0.4, -0.2) is 35.1 Å². The molecule has 0 unspecified atom stereocenters. The number of benzene rings is 1. The Labute approximate surface area is 117 Å². The van der Waals surface area contributed by atoms with Crippen molar-refractivity contribution in [3.8, 4) is 5.75 Å². The number of rotatable bonds is 5. The highest BCUT2D eigenvalue weighted by Gasteiger charge is 2.25. The van der Waals surface area contributed by atoms with E-state index in [0.29, 0.717) is 18.7 Å². The minimum atomic E-state index is -3.86. The average molecular weight is 300 g/mol. The Balaban J connectivity index is 2.46. The van der Waals surface area contributed by atoms with Gasteiger partial charge in [0.25, 0.3) is 10.0 Å². The number of ether oxygens (including phenoxy) is 1. The van der Waals surface area contributed by atoms with Crippen molar-refractivity contribution in [3.05, 3.63) is 18.2 Å². The second kappa shape index (κ2) is 5.78. The maximum Gasteiger partial charge on any atom is 0.266 e. The molecule has 0 bridgehead atoms. The van der Waals surface area contributed by atoms with Gasteiger partial charge in [-0.25, -0.2) is 8.42 Å². The van der Waals surface area contributed by atoms with E-state index in [1.165, 1.54) is 26.4 Å². The van der Waals surface area contributed by atoms with Gasteiger partial charge < -0.3 is 9.64 Å². The normalized spacial score (nSPS) is 15.7. The lowest BCUT2D eigenvalue weighted by molar-refractivity contribution is -0.117. The molecule has 8 heteroatoms. The van der Waals surface area contributed by atoms with Crippen molar-refractivity contribution in [3.63, 3.8) is 0 Å². The lowest BCUT2D eigenvalue weighted by Gasteiger charge is -2.18. The quantitative estimate of drug-likeness (QED) is 0.808. The molecular weight excluding hydrogens is 284 g/mol. The molecule has 0 spiro atoms. The van der Waals surface area contributed by atoms with Crippen molar-refractivity contribution in [1.29, 1.82) is 0 Å². The molecular formula is C12H16N2O5S. The van der Waals surface area contributed by atoms with E-state index < -0.39 is 10.0 Å². The Morgan fingerprint density at radius 1 is 1.30 bits per heavy atom. The number of anilines is 1. The molecule has 1 heterocycles. The number of sulfonamides is 1. The molecule has 0 aromatic heterocycles. The smallest absolute Gasteiger partial charge is 0.266 e.